The van der Waals surface area contributed by atoms with Crippen LogP contribution in [-0.2, 0) is 9.47 Å². The fraction of sp³-hybridized carbons (Fsp3) is 0.125. The average molecular weight is 314 g/mol. The first-order valence-electron chi connectivity index (χ1n) is 6.58. The normalized spacial score (nSPS) is 11.6. The second-order valence-electron chi connectivity index (χ2n) is 4.54. The van der Waals surface area contributed by atoms with E-state index in [1.54, 1.807) is 18.8 Å². The van der Waals surface area contributed by atoms with Crippen LogP contribution in [0.25, 0.3) is 16.5 Å². The molecule has 112 valence electrons. The maximum Gasteiger partial charge on any atom is 0.357 e. The van der Waals surface area contributed by atoms with Gasteiger partial charge in [0.2, 0.25) is 0 Å². The van der Waals surface area contributed by atoms with E-state index in [1.165, 1.54) is 18.4 Å². The third-order valence-electron chi connectivity index (χ3n) is 3.24. The number of benzene rings is 1. The number of hydrogen-bond donors (Lipinski definition) is 1. The molecule has 2 aromatic heterocycles. The zero-order valence-corrected chi connectivity index (χ0v) is 12.9. The first-order valence-corrected chi connectivity index (χ1v) is 7.46. The molecule has 0 atom stereocenters. The highest BCUT2D eigenvalue weighted by atomic mass is 32.1. The van der Waals surface area contributed by atoms with Gasteiger partial charge in [0, 0.05) is 28.0 Å². The van der Waals surface area contributed by atoms with E-state index >= 15 is 0 Å². The number of methoxy groups -OCH3 is 2. The molecule has 3 rings (SSSR count). The number of nitrogens with zero attached hydrogens (tertiary/aromatic N) is 1. The van der Waals surface area contributed by atoms with Crippen LogP contribution in [0.3, 0.4) is 0 Å². The molecule has 0 bridgehead atoms. The lowest BCUT2D eigenvalue weighted by atomic mass is 10.1. The fourth-order valence-corrected chi connectivity index (χ4v) is 3.05. The van der Waals surface area contributed by atoms with Crippen molar-refractivity contribution >= 4 is 33.8 Å². The summed E-state index contributed by atoms with van der Waals surface area (Å²) in [6, 6.07) is 7.98. The number of aromatic amines is 1. The molecule has 6 heteroatoms. The number of fused-ring (bicyclic) bond motifs is 1. The van der Waals surface area contributed by atoms with Crippen molar-refractivity contribution in [3.05, 3.63) is 58.4 Å². The molecule has 0 aliphatic heterocycles. The summed E-state index contributed by atoms with van der Waals surface area (Å²) in [5.41, 5.74) is 3.12. The van der Waals surface area contributed by atoms with Gasteiger partial charge in [0.1, 0.15) is 5.01 Å². The van der Waals surface area contributed by atoms with Crippen LogP contribution in [0.1, 0.15) is 21.1 Å². The van der Waals surface area contributed by atoms with E-state index in [0.717, 1.165) is 22.0 Å². The molecule has 0 saturated carbocycles. The number of nitrogens with one attached hydrogen (secondary N) is 1. The molecule has 1 N–H and O–H groups in total. The molecule has 0 amide bonds. The lowest BCUT2D eigenvalue weighted by Crippen LogP contribution is -2.01. The highest BCUT2D eigenvalue weighted by Crippen LogP contribution is 2.31. The molecule has 0 aliphatic carbocycles. The summed E-state index contributed by atoms with van der Waals surface area (Å²) in [5.74, 6) is -0.446. The van der Waals surface area contributed by atoms with Gasteiger partial charge in [-0.05, 0) is 6.07 Å². The van der Waals surface area contributed by atoms with Crippen LogP contribution >= 0.6 is 11.3 Å². The summed E-state index contributed by atoms with van der Waals surface area (Å²) in [5, 5.41) is 3.45. The number of ether oxygens (including phenoxy) is 2. The predicted octanol–water partition coefficient (Wildman–Crippen LogP) is 3.45. The van der Waals surface area contributed by atoms with Crippen molar-refractivity contribution in [2.75, 3.05) is 14.2 Å². The summed E-state index contributed by atoms with van der Waals surface area (Å²) >= 11 is 1.37. The Morgan fingerprint density at radius 2 is 2.14 bits per heavy atom. The molecule has 2 heterocycles. The van der Waals surface area contributed by atoms with Crippen LogP contribution in [0.2, 0.25) is 0 Å². The number of carbonyl (C=O) groups is 1. The van der Waals surface area contributed by atoms with E-state index in [0.29, 0.717) is 10.7 Å². The summed E-state index contributed by atoms with van der Waals surface area (Å²) in [6.45, 7) is 0. The summed E-state index contributed by atoms with van der Waals surface area (Å²) in [6.07, 6.45) is 3.55. The smallest absolute Gasteiger partial charge is 0.357 e. The molecule has 0 radical (unpaired) electrons. The van der Waals surface area contributed by atoms with Crippen molar-refractivity contribution in [1.29, 1.82) is 0 Å². The third-order valence-corrected chi connectivity index (χ3v) is 4.12. The third kappa shape index (κ3) is 2.48. The number of H-pyrrole nitrogens is 1. The first-order chi connectivity index (χ1) is 10.7. The van der Waals surface area contributed by atoms with Crippen molar-refractivity contribution in [2.45, 2.75) is 0 Å². The highest BCUT2D eigenvalue weighted by Gasteiger charge is 2.17. The Balaban J connectivity index is 2.09. The average Bonchev–Trinajstić information content (AvgIpc) is 3.19. The summed E-state index contributed by atoms with van der Waals surface area (Å²) in [7, 11) is 2.93. The molecular weight excluding hydrogens is 300 g/mol. The van der Waals surface area contributed by atoms with Crippen molar-refractivity contribution in [3.8, 4) is 0 Å². The van der Waals surface area contributed by atoms with Gasteiger partial charge in [-0.2, -0.15) is 0 Å². The monoisotopic (exact) mass is 314 g/mol. The zero-order chi connectivity index (χ0) is 15.5. The molecule has 0 spiro atoms. The number of rotatable bonds is 4. The van der Waals surface area contributed by atoms with E-state index in [-0.39, 0.29) is 0 Å². The zero-order valence-electron chi connectivity index (χ0n) is 12.1. The van der Waals surface area contributed by atoms with Crippen molar-refractivity contribution in [1.82, 2.24) is 9.97 Å². The minimum Gasteiger partial charge on any atom is -0.504 e. The van der Waals surface area contributed by atoms with Gasteiger partial charge in [-0.15, -0.1) is 11.3 Å². The van der Waals surface area contributed by atoms with Gasteiger partial charge in [0.05, 0.1) is 26.1 Å². The van der Waals surface area contributed by atoms with Crippen LogP contribution in [0, 0.1) is 0 Å². The fourth-order valence-electron chi connectivity index (χ4n) is 2.24. The van der Waals surface area contributed by atoms with Gasteiger partial charge < -0.3 is 14.5 Å². The van der Waals surface area contributed by atoms with Gasteiger partial charge in [0.25, 0.3) is 0 Å². The van der Waals surface area contributed by atoms with Gasteiger partial charge in [-0.3, -0.25) is 0 Å². The van der Waals surface area contributed by atoms with E-state index in [9.17, 15) is 4.79 Å². The molecule has 1 aromatic carbocycles. The Morgan fingerprint density at radius 3 is 2.91 bits per heavy atom. The molecule has 5 nitrogen and oxygen atoms in total. The largest absolute Gasteiger partial charge is 0.504 e. The lowest BCUT2D eigenvalue weighted by molar-refractivity contribution is 0.0595. The van der Waals surface area contributed by atoms with E-state index in [4.69, 9.17) is 9.47 Å². The quantitative estimate of drug-likeness (QED) is 0.592. The molecule has 0 fully saturated rings. The number of esters is 1. The van der Waals surface area contributed by atoms with E-state index in [1.807, 2.05) is 30.5 Å². The Bertz CT molecular complexity index is 848. The minimum atomic E-state index is -0.446. The van der Waals surface area contributed by atoms with Crippen molar-refractivity contribution < 1.29 is 14.3 Å². The van der Waals surface area contributed by atoms with E-state index < -0.39 is 5.97 Å². The number of aromatic nitrogens is 2. The Labute approximate surface area is 131 Å². The lowest BCUT2D eigenvalue weighted by Gasteiger charge is -2.03. The van der Waals surface area contributed by atoms with Gasteiger partial charge in [0.15, 0.2) is 5.69 Å². The number of thiazole rings is 1. The standard InChI is InChI=1S/C16H14N2O3S/c1-20-8-12(15-18-14(9-22-15)16(19)21-2)11-7-17-13-6-4-3-5-10(11)13/h3-9,17H,1-2H3/b12-8-. The number of para-hydroxylation sites is 1. The first kappa shape index (κ1) is 14.3. The topological polar surface area (TPSA) is 64.2 Å². The minimum absolute atomic E-state index is 0.296. The van der Waals surface area contributed by atoms with Crippen LogP contribution in [0.4, 0.5) is 0 Å². The van der Waals surface area contributed by atoms with Gasteiger partial charge in [-0.25, -0.2) is 9.78 Å². The van der Waals surface area contributed by atoms with Crippen molar-refractivity contribution in [3.63, 3.8) is 0 Å². The van der Waals surface area contributed by atoms with Crippen LogP contribution in [-0.4, -0.2) is 30.2 Å². The Kier molecular flexibility index (Phi) is 3.93. The van der Waals surface area contributed by atoms with Crippen molar-refractivity contribution in [2.24, 2.45) is 0 Å². The Hall–Kier alpha value is -2.60. The molecule has 22 heavy (non-hydrogen) atoms. The molecular formula is C16H14N2O3S. The van der Waals surface area contributed by atoms with Crippen LogP contribution < -0.4 is 0 Å². The second kappa shape index (κ2) is 6.03. The highest BCUT2D eigenvalue weighted by molar-refractivity contribution is 7.11. The second-order valence-corrected chi connectivity index (χ2v) is 5.40. The van der Waals surface area contributed by atoms with Crippen LogP contribution in [0.5, 0.6) is 0 Å². The van der Waals surface area contributed by atoms with Gasteiger partial charge >= 0.3 is 5.97 Å². The van der Waals surface area contributed by atoms with Crippen LogP contribution in [0.15, 0.2) is 42.1 Å². The Morgan fingerprint density at radius 1 is 1.32 bits per heavy atom. The maximum absolute atomic E-state index is 11.6. The predicted molar refractivity (Wildman–Crippen MR) is 85.8 cm³/mol. The maximum atomic E-state index is 11.6. The summed E-state index contributed by atoms with van der Waals surface area (Å²) in [4.78, 5) is 19.1. The number of hydrogen-bond acceptors (Lipinski definition) is 5. The molecule has 3 aromatic rings. The van der Waals surface area contributed by atoms with E-state index in [2.05, 4.69) is 9.97 Å². The summed E-state index contributed by atoms with van der Waals surface area (Å²) < 4.78 is 9.90. The molecule has 0 saturated heterocycles. The number of carbonyl (C=O) groups excluding carboxylic acids is 1. The van der Waals surface area contributed by atoms with Gasteiger partial charge in [-0.1, -0.05) is 18.2 Å². The SMILES string of the molecule is CO/C=C(\c1nc(C(=O)OC)cs1)c1c[nH]c2ccccc12. The molecule has 0 unspecified atom stereocenters. The molecule has 0 aliphatic rings.